The second-order valence-corrected chi connectivity index (χ2v) is 7.57. The van der Waals surface area contributed by atoms with Crippen LogP contribution in [0.25, 0.3) is 21.3 Å². The molecule has 0 aliphatic heterocycles. The Morgan fingerprint density at radius 3 is 2.62 bits per heavy atom. The fourth-order valence-corrected chi connectivity index (χ4v) is 4.29. The molecule has 7 heteroatoms. The highest BCUT2D eigenvalue weighted by atomic mass is 32.1. The van der Waals surface area contributed by atoms with Crippen LogP contribution in [0, 0.1) is 6.92 Å². The monoisotopic (exact) mass is 405 g/mol. The van der Waals surface area contributed by atoms with Gasteiger partial charge in [-0.2, -0.15) is 0 Å². The lowest BCUT2D eigenvalue weighted by Gasteiger charge is -2.11. The van der Waals surface area contributed by atoms with Crippen molar-refractivity contribution in [1.82, 2.24) is 9.97 Å². The number of aromatic carboxylic acids is 1. The maximum absolute atomic E-state index is 11.6. The smallest absolute Gasteiger partial charge is 0.337 e. The molecule has 146 valence electrons. The number of benzene rings is 2. The summed E-state index contributed by atoms with van der Waals surface area (Å²) < 4.78 is 5.54. The predicted molar refractivity (Wildman–Crippen MR) is 115 cm³/mol. The molecule has 29 heavy (non-hydrogen) atoms. The lowest BCUT2D eigenvalue weighted by molar-refractivity contribution is 0.0698. The summed E-state index contributed by atoms with van der Waals surface area (Å²) in [4.78, 5) is 22.4. The number of aromatic nitrogens is 2. The van der Waals surface area contributed by atoms with Crippen molar-refractivity contribution in [2.45, 2.75) is 13.8 Å². The van der Waals surface area contributed by atoms with E-state index in [9.17, 15) is 9.90 Å². The molecule has 0 atom stereocenters. The first-order valence-corrected chi connectivity index (χ1v) is 9.96. The van der Waals surface area contributed by atoms with Gasteiger partial charge in [0.2, 0.25) is 0 Å². The molecule has 0 aliphatic rings. The molecule has 4 aromatic rings. The molecule has 0 aliphatic carbocycles. The van der Waals surface area contributed by atoms with Gasteiger partial charge in [0, 0.05) is 10.4 Å². The third-order valence-electron chi connectivity index (χ3n) is 4.53. The molecule has 0 amide bonds. The molecular formula is C22H19N3O3S. The number of thiophene rings is 1. The van der Waals surface area contributed by atoms with E-state index in [1.165, 1.54) is 6.33 Å². The molecule has 0 bridgehead atoms. The molecule has 2 N–H and O–H groups in total. The molecule has 2 heterocycles. The van der Waals surface area contributed by atoms with Gasteiger partial charge < -0.3 is 15.2 Å². The Hall–Kier alpha value is -3.45. The zero-order valence-corrected chi connectivity index (χ0v) is 16.8. The lowest BCUT2D eigenvalue weighted by Crippen LogP contribution is -2.03. The first-order valence-electron chi connectivity index (χ1n) is 9.15. The minimum atomic E-state index is -0.994. The Balaban J connectivity index is 1.84. The Labute approximate surface area is 171 Å². The van der Waals surface area contributed by atoms with E-state index in [2.05, 4.69) is 15.3 Å². The number of carboxylic acids is 1. The van der Waals surface area contributed by atoms with Crippen LogP contribution in [0.15, 0.2) is 54.9 Å². The minimum Gasteiger partial charge on any atom is -0.494 e. The summed E-state index contributed by atoms with van der Waals surface area (Å²) in [6, 6.07) is 14.7. The quantitative estimate of drug-likeness (QED) is 0.440. The van der Waals surface area contributed by atoms with Gasteiger partial charge in [-0.1, -0.05) is 24.3 Å². The number of hydrogen-bond donors (Lipinski definition) is 2. The van der Waals surface area contributed by atoms with Crippen molar-refractivity contribution in [3.63, 3.8) is 0 Å². The minimum absolute atomic E-state index is 0.189. The molecule has 2 aromatic heterocycles. The second kappa shape index (κ2) is 7.89. The van der Waals surface area contributed by atoms with E-state index in [-0.39, 0.29) is 5.56 Å². The highest BCUT2D eigenvalue weighted by Gasteiger charge is 2.18. The number of carboxylic acid groups (broad SMARTS) is 1. The van der Waals surface area contributed by atoms with Gasteiger partial charge in [0.05, 0.1) is 23.2 Å². The van der Waals surface area contributed by atoms with Crippen molar-refractivity contribution >= 4 is 39.0 Å². The van der Waals surface area contributed by atoms with E-state index in [1.54, 1.807) is 35.6 Å². The second-order valence-electron chi connectivity index (χ2n) is 6.37. The summed E-state index contributed by atoms with van der Waals surface area (Å²) in [7, 11) is 0. The van der Waals surface area contributed by atoms with Gasteiger partial charge in [-0.25, -0.2) is 14.8 Å². The third-order valence-corrected chi connectivity index (χ3v) is 5.54. The summed E-state index contributed by atoms with van der Waals surface area (Å²) in [6.45, 7) is 4.62. The van der Waals surface area contributed by atoms with Crippen molar-refractivity contribution in [1.29, 1.82) is 0 Å². The zero-order valence-electron chi connectivity index (χ0n) is 16.0. The largest absolute Gasteiger partial charge is 0.494 e. The van der Waals surface area contributed by atoms with Crippen molar-refractivity contribution in [3.05, 3.63) is 65.3 Å². The molecule has 0 radical (unpaired) electrons. The summed E-state index contributed by atoms with van der Waals surface area (Å²) >= 11 is 1.58. The Morgan fingerprint density at radius 2 is 1.90 bits per heavy atom. The average molecular weight is 405 g/mol. The van der Waals surface area contributed by atoms with Crippen LogP contribution in [0.4, 0.5) is 11.5 Å². The topological polar surface area (TPSA) is 84.3 Å². The van der Waals surface area contributed by atoms with Crippen LogP contribution in [0.3, 0.4) is 0 Å². The number of nitrogens with one attached hydrogen (secondary N) is 1. The number of nitrogens with zero attached hydrogens (tertiary/aromatic N) is 2. The SMILES string of the molecule is CCOc1ccc(-c2c(C)sc3ncnc(Nc4ccccc4C(=O)O)c23)cc1. The number of anilines is 2. The zero-order chi connectivity index (χ0) is 20.4. The standard InChI is InChI=1S/C22H19N3O3S/c1-3-28-15-10-8-14(9-11-15)18-13(2)29-21-19(18)20(23-12-24-21)25-17-7-5-4-6-16(17)22(26)27/h4-12H,3H2,1-2H3,(H,26,27)(H,23,24,25). The van der Waals surface area contributed by atoms with Crippen LogP contribution in [0.2, 0.25) is 0 Å². The summed E-state index contributed by atoms with van der Waals surface area (Å²) in [5, 5.41) is 13.6. The Bertz CT molecular complexity index is 1190. The van der Waals surface area contributed by atoms with Gasteiger partial charge in [0.25, 0.3) is 0 Å². The van der Waals surface area contributed by atoms with E-state index < -0.39 is 5.97 Å². The number of ether oxygens (including phenoxy) is 1. The normalized spacial score (nSPS) is 10.8. The van der Waals surface area contributed by atoms with Crippen molar-refractivity contribution < 1.29 is 14.6 Å². The van der Waals surface area contributed by atoms with Gasteiger partial charge in [0.15, 0.2) is 0 Å². The number of aryl methyl sites for hydroxylation is 1. The van der Waals surface area contributed by atoms with Crippen molar-refractivity contribution in [3.8, 4) is 16.9 Å². The highest BCUT2D eigenvalue weighted by Crippen LogP contribution is 2.41. The molecule has 0 unspecified atom stereocenters. The van der Waals surface area contributed by atoms with Crippen LogP contribution in [-0.4, -0.2) is 27.7 Å². The molecule has 0 fully saturated rings. The fraction of sp³-hybridized carbons (Fsp3) is 0.136. The third kappa shape index (κ3) is 3.64. The maximum atomic E-state index is 11.6. The van der Waals surface area contributed by atoms with E-state index in [4.69, 9.17) is 4.74 Å². The predicted octanol–water partition coefficient (Wildman–Crippen LogP) is 5.51. The highest BCUT2D eigenvalue weighted by molar-refractivity contribution is 7.19. The summed E-state index contributed by atoms with van der Waals surface area (Å²) in [5.41, 5.74) is 2.74. The van der Waals surface area contributed by atoms with Gasteiger partial charge in [-0.05, 0) is 43.7 Å². The molecule has 0 spiro atoms. The number of rotatable bonds is 6. The molecule has 6 nitrogen and oxygen atoms in total. The number of carbonyl (C=O) groups is 1. The number of para-hydroxylation sites is 1. The van der Waals surface area contributed by atoms with Gasteiger partial charge in [0.1, 0.15) is 22.7 Å². The van der Waals surface area contributed by atoms with Crippen LogP contribution in [0.5, 0.6) is 5.75 Å². The Morgan fingerprint density at radius 1 is 1.14 bits per heavy atom. The Kier molecular flexibility index (Phi) is 5.14. The molecule has 0 saturated heterocycles. The van der Waals surface area contributed by atoms with E-state index in [1.807, 2.05) is 38.1 Å². The lowest BCUT2D eigenvalue weighted by atomic mass is 10.0. The van der Waals surface area contributed by atoms with Crippen LogP contribution in [0.1, 0.15) is 22.2 Å². The van der Waals surface area contributed by atoms with Crippen molar-refractivity contribution in [2.75, 3.05) is 11.9 Å². The van der Waals surface area contributed by atoms with E-state index >= 15 is 0 Å². The van der Waals surface area contributed by atoms with Crippen LogP contribution in [-0.2, 0) is 0 Å². The molecule has 4 rings (SSSR count). The first-order chi connectivity index (χ1) is 14.1. The fourth-order valence-electron chi connectivity index (χ4n) is 3.28. The van der Waals surface area contributed by atoms with Crippen LogP contribution >= 0.6 is 11.3 Å². The van der Waals surface area contributed by atoms with Gasteiger partial charge >= 0.3 is 5.97 Å². The number of fused-ring (bicyclic) bond motifs is 1. The average Bonchev–Trinajstić information content (AvgIpc) is 3.06. The summed E-state index contributed by atoms with van der Waals surface area (Å²) in [6.07, 6.45) is 1.49. The molecule has 2 aromatic carbocycles. The number of hydrogen-bond acceptors (Lipinski definition) is 6. The molecule has 0 saturated carbocycles. The van der Waals surface area contributed by atoms with Crippen LogP contribution < -0.4 is 10.1 Å². The van der Waals surface area contributed by atoms with Gasteiger partial charge in [-0.3, -0.25) is 0 Å². The van der Waals surface area contributed by atoms with E-state index in [0.29, 0.717) is 18.1 Å². The maximum Gasteiger partial charge on any atom is 0.337 e. The van der Waals surface area contributed by atoms with Crippen molar-refractivity contribution in [2.24, 2.45) is 0 Å². The summed E-state index contributed by atoms with van der Waals surface area (Å²) in [5.74, 6) is 0.405. The molecular weight excluding hydrogens is 386 g/mol. The van der Waals surface area contributed by atoms with Gasteiger partial charge in [-0.15, -0.1) is 11.3 Å². The first kappa shape index (κ1) is 18.9. The van der Waals surface area contributed by atoms with E-state index in [0.717, 1.165) is 32.0 Å².